The Labute approximate surface area is 120 Å². The number of aliphatic hydroxyl groups is 1. The molecule has 2 rings (SSSR count). The summed E-state index contributed by atoms with van der Waals surface area (Å²) >= 11 is 1.90. The molecule has 2 nitrogen and oxygen atoms in total. The average molecular weight is 279 g/mol. The lowest BCUT2D eigenvalue weighted by atomic mass is 9.87. The van der Waals surface area contributed by atoms with E-state index in [0.717, 1.165) is 25.0 Å². The number of thioether (sulfide) groups is 1. The highest BCUT2D eigenvalue weighted by Crippen LogP contribution is 2.37. The van der Waals surface area contributed by atoms with Crippen molar-refractivity contribution in [2.45, 2.75) is 50.0 Å². The Bertz CT molecular complexity index is 435. The summed E-state index contributed by atoms with van der Waals surface area (Å²) in [5.74, 6) is 1.57. The quantitative estimate of drug-likeness (QED) is 0.813. The largest absolute Gasteiger partial charge is 0.394 e. The Hall–Kier alpha value is -0.510. The van der Waals surface area contributed by atoms with Gasteiger partial charge in [0.25, 0.3) is 0 Å². The zero-order valence-corrected chi connectivity index (χ0v) is 12.8. The van der Waals surface area contributed by atoms with Crippen molar-refractivity contribution < 1.29 is 5.11 Å². The van der Waals surface area contributed by atoms with Crippen LogP contribution in [-0.2, 0) is 0 Å². The second-order valence-electron chi connectivity index (χ2n) is 5.86. The van der Waals surface area contributed by atoms with Gasteiger partial charge in [-0.1, -0.05) is 12.5 Å². The first-order chi connectivity index (χ1) is 9.05. The van der Waals surface area contributed by atoms with E-state index < -0.39 is 0 Å². The zero-order chi connectivity index (χ0) is 13.9. The van der Waals surface area contributed by atoms with E-state index in [9.17, 15) is 5.11 Å². The van der Waals surface area contributed by atoms with E-state index >= 15 is 0 Å². The molecule has 19 heavy (non-hydrogen) atoms. The normalized spacial score (nSPS) is 26.8. The lowest BCUT2D eigenvalue weighted by molar-refractivity contribution is 0.158. The average Bonchev–Trinajstić information content (AvgIpc) is 2.76. The third-order valence-electron chi connectivity index (χ3n) is 4.52. The molecule has 3 N–H and O–H groups in total. The van der Waals surface area contributed by atoms with Crippen LogP contribution in [0.4, 0.5) is 0 Å². The second-order valence-corrected chi connectivity index (χ2v) is 7.03. The van der Waals surface area contributed by atoms with Crippen LogP contribution < -0.4 is 5.73 Å². The Kier molecular flexibility index (Phi) is 4.93. The number of aryl methyl sites for hydroxylation is 2. The molecule has 0 aliphatic heterocycles. The van der Waals surface area contributed by atoms with Crippen molar-refractivity contribution in [3.05, 3.63) is 29.3 Å². The third kappa shape index (κ3) is 3.53. The van der Waals surface area contributed by atoms with Gasteiger partial charge in [-0.15, -0.1) is 11.8 Å². The molecular formula is C16H25NOS. The van der Waals surface area contributed by atoms with Crippen LogP contribution in [0.3, 0.4) is 0 Å². The molecule has 1 aliphatic rings. The van der Waals surface area contributed by atoms with Crippen molar-refractivity contribution in [3.8, 4) is 0 Å². The summed E-state index contributed by atoms with van der Waals surface area (Å²) in [4.78, 5) is 1.34. The molecule has 0 heterocycles. The maximum atomic E-state index is 9.45. The standard InChI is InChI=1S/C16H25NOS/c1-12-5-6-15(10-13(12)2)19-9-7-14-4-3-8-16(14,17)11-18/h5-6,10,14,18H,3-4,7-9,11,17H2,1-2H3. The van der Waals surface area contributed by atoms with Crippen molar-refractivity contribution in [2.75, 3.05) is 12.4 Å². The fraction of sp³-hybridized carbons (Fsp3) is 0.625. The topological polar surface area (TPSA) is 46.2 Å². The van der Waals surface area contributed by atoms with E-state index in [1.807, 2.05) is 11.8 Å². The van der Waals surface area contributed by atoms with Gasteiger partial charge < -0.3 is 10.8 Å². The molecule has 1 fully saturated rings. The fourth-order valence-corrected chi connectivity index (χ4v) is 3.99. The molecular weight excluding hydrogens is 254 g/mol. The Morgan fingerprint density at radius 3 is 2.84 bits per heavy atom. The first-order valence-electron chi connectivity index (χ1n) is 7.15. The van der Waals surface area contributed by atoms with E-state index in [2.05, 4.69) is 32.0 Å². The summed E-state index contributed by atoms with van der Waals surface area (Å²) in [6.07, 6.45) is 4.41. The minimum Gasteiger partial charge on any atom is -0.394 e. The first kappa shape index (κ1) is 14.9. The molecule has 0 aromatic heterocycles. The summed E-state index contributed by atoms with van der Waals surface area (Å²) in [7, 11) is 0. The monoisotopic (exact) mass is 279 g/mol. The van der Waals surface area contributed by atoms with E-state index in [1.54, 1.807) is 0 Å². The molecule has 0 amide bonds. The molecule has 2 atom stereocenters. The molecule has 3 heteroatoms. The van der Waals surface area contributed by atoms with Gasteiger partial charge in [0.1, 0.15) is 0 Å². The predicted octanol–water partition coefficient (Wildman–Crippen LogP) is 3.28. The molecule has 106 valence electrons. The minimum absolute atomic E-state index is 0.131. The lowest BCUT2D eigenvalue weighted by Gasteiger charge is -2.29. The number of nitrogens with two attached hydrogens (primary N) is 1. The van der Waals surface area contributed by atoms with Gasteiger partial charge in [-0.2, -0.15) is 0 Å². The van der Waals surface area contributed by atoms with Crippen LogP contribution in [0.1, 0.15) is 36.8 Å². The van der Waals surface area contributed by atoms with Crippen LogP contribution >= 0.6 is 11.8 Å². The van der Waals surface area contributed by atoms with Crippen molar-refractivity contribution >= 4 is 11.8 Å². The van der Waals surface area contributed by atoms with Crippen molar-refractivity contribution in [1.82, 2.24) is 0 Å². The maximum Gasteiger partial charge on any atom is 0.0613 e. The van der Waals surface area contributed by atoms with Crippen molar-refractivity contribution in [2.24, 2.45) is 11.7 Å². The van der Waals surface area contributed by atoms with Gasteiger partial charge in [-0.05, 0) is 68.0 Å². The molecule has 0 saturated heterocycles. The Morgan fingerprint density at radius 2 is 2.16 bits per heavy atom. The van der Waals surface area contributed by atoms with E-state index in [-0.39, 0.29) is 12.1 Å². The zero-order valence-electron chi connectivity index (χ0n) is 12.0. The first-order valence-corrected chi connectivity index (χ1v) is 8.13. The van der Waals surface area contributed by atoms with Gasteiger partial charge in [0.2, 0.25) is 0 Å². The number of hydrogen-bond donors (Lipinski definition) is 2. The molecule has 0 bridgehead atoms. The van der Waals surface area contributed by atoms with Crippen molar-refractivity contribution in [1.29, 1.82) is 0 Å². The number of rotatable bonds is 5. The van der Waals surface area contributed by atoms with E-state index in [1.165, 1.54) is 22.4 Å². The molecule has 1 saturated carbocycles. The second kappa shape index (κ2) is 6.29. The SMILES string of the molecule is Cc1ccc(SCCC2CCCC2(N)CO)cc1C. The molecule has 1 aliphatic carbocycles. The van der Waals surface area contributed by atoms with Gasteiger partial charge in [-0.3, -0.25) is 0 Å². The molecule has 0 radical (unpaired) electrons. The highest BCUT2D eigenvalue weighted by Gasteiger charge is 2.38. The van der Waals surface area contributed by atoms with Gasteiger partial charge in [0, 0.05) is 10.4 Å². The summed E-state index contributed by atoms with van der Waals surface area (Å²) in [5, 5.41) is 9.45. The summed E-state index contributed by atoms with van der Waals surface area (Å²) in [6.45, 7) is 4.44. The fourth-order valence-electron chi connectivity index (χ4n) is 2.93. The number of benzene rings is 1. The predicted molar refractivity (Wildman–Crippen MR) is 82.6 cm³/mol. The maximum absolute atomic E-state index is 9.45. The van der Waals surface area contributed by atoms with Crippen LogP contribution in [0.15, 0.2) is 23.1 Å². The Morgan fingerprint density at radius 1 is 1.37 bits per heavy atom. The smallest absolute Gasteiger partial charge is 0.0613 e. The van der Waals surface area contributed by atoms with Gasteiger partial charge in [-0.25, -0.2) is 0 Å². The molecule has 1 aromatic carbocycles. The summed E-state index contributed by atoms with van der Waals surface area (Å²) < 4.78 is 0. The highest BCUT2D eigenvalue weighted by molar-refractivity contribution is 7.99. The summed E-state index contributed by atoms with van der Waals surface area (Å²) in [6, 6.07) is 6.65. The van der Waals surface area contributed by atoms with Crippen molar-refractivity contribution in [3.63, 3.8) is 0 Å². The van der Waals surface area contributed by atoms with Crippen LogP contribution in [0.25, 0.3) is 0 Å². The van der Waals surface area contributed by atoms with Crippen LogP contribution in [0.5, 0.6) is 0 Å². The number of hydrogen-bond acceptors (Lipinski definition) is 3. The third-order valence-corrected chi connectivity index (χ3v) is 5.54. The highest BCUT2D eigenvalue weighted by atomic mass is 32.2. The lowest BCUT2D eigenvalue weighted by Crippen LogP contribution is -2.47. The Balaban J connectivity index is 1.85. The van der Waals surface area contributed by atoms with Gasteiger partial charge in [0.15, 0.2) is 0 Å². The van der Waals surface area contributed by atoms with Gasteiger partial charge >= 0.3 is 0 Å². The molecule has 0 spiro atoms. The summed E-state index contributed by atoms with van der Waals surface area (Å²) in [5.41, 5.74) is 8.66. The molecule has 2 unspecified atom stereocenters. The van der Waals surface area contributed by atoms with Crippen LogP contribution in [-0.4, -0.2) is 23.0 Å². The van der Waals surface area contributed by atoms with E-state index in [4.69, 9.17) is 5.73 Å². The van der Waals surface area contributed by atoms with Crippen LogP contribution in [0.2, 0.25) is 0 Å². The van der Waals surface area contributed by atoms with E-state index in [0.29, 0.717) is 5.92 Å². The number of aliphatic hydroxyl groups excluding tert-OH is 1. The minimum atomic E-state index is -0.316. The van der Waals surface area contributed by atoms with Gasteiger partial charge in [0.05, 0.1) is 6.61 Å². The van der Waals surface area contributed by atoms with Crippen LogP contribution in [0, 0.1) is 19.8 Å². The molecule has 1 aromatic rings.